The number of aryl methyl sites for hydroxylation is 2. The van der Waals surface area contributed by atoms with Crippen molar-refractivity contribution in [3.8, 4) is 11.1 Å². The third-order valence-electron chi connectivity index (χ3n) is 6.07. The smallest absolute Gasteiger partial charge is 0.263 e. The van der Waals surface area contributed by atoms with E-state index >= 15 is 0 Å². The fourth-order valence-corrected chi connectivity index (χ4v) is 6.22. The molecule has 5 nitrogen and oxygen atoms in total. The van der Waals surface area contributed by atoms with Gasteiger partial charge in [-0.1, -0.05) is 65.9 Å². The number of carbonyl (C=O) groups is 1. The van der Waals surface area contributed by atoms with E-state index in [1.807, 2.05) is 59.7 Å². The fraction of sp³-hybridized carbons (Fsp3) is 0.222. The second-order valence-electron chi connectivity index (χ2n) is 8.36. The summed E-state index contributed by atoms with van der Waals surface area (Å²) in [6, 6.07) is 16.2. The van der Waals surface area contributed by atoms with E-state index in [1.165, 1.54) is 34.2 Å². The molecule has 1 amide bonds. The van der Waals surface area contributed by atoms with Crippen LogP contribution in [0, 0.1) is 6.92 Å². The summed E-state index contributed by atoms with van der Waals surface area (Å²) in [4.78, 5) is 34.0. The normalized spacial score (nSPS) is 13.1. The second-order valence-corrected chi connectivity index (χ2v) is 10.2. The molecule has 2 aromatic heterocycles. The largest absolute Gasteiger partial charge is 0.311 e. The Morgan fingerprint density at radius 1 is 1.21 bits per heavy atom. The Morgan fingerprint density at radius 2 is 2.00 bits per heavy atom. The molecule has 0 fully saturated rings. The average molecular weight is 488 g/mol. The van der Waals surface area contributed by atoms with Crippen molar-refractivity contribution in [2.24, 2.45) is 0 Å². The Morgan fingerprint density at radius 3 is 2.79 bits per heavy atom. The summed E-state index contributed by atoms with van der Waals surface area (Å²) in [6.45, 7) is 6.92. The maximum absolute atomic E-state index is 13.5. The third-order valence-corrected chi connectivity index (χ3v) is 7.90. The topological polar surface area (TPSA) is 55.2 Å². The first-order valence-corrected chi connectivity index (χ1v) is 13.1. The standard InChI is InChI=1S/C27H25N3O2S2/c1-3-14-30-26(32)24-21(19-12-10-18(2)11-13-19)16-33-25(24)28-27(30)34-17-23(31)29-15-6-8-20-7-4-5-9-22(20)29/h3-5,7,9-13,16H,1,6,8,14-15,17H2,2H3. The average Bonchev–Trinajstić information content (AvgIpc) is 3.29. The minimum Gasteiger partial charge on any atom is -0.311 e. The Balaban J connectivity index is 1.46. The number of benzene rings is 2. The lowest BCUT2D eigenvalue weighted by Gasteiger charge is -2.29. The highest BCUT2D eigenvalue weighted by Crippen LogP contribution is 2.33. The molecule has 34 heavy (non-hydrogen) atoms. The van der Waals surface area contributed by atoms with E-state index < -0.39 is 0 Å². The van der Waals surface area contributed by atoms with Gasteiger partial charge >= 0.3 is 0 Å². The van der Waals surface area contributed by atoms with Crippen molar-refractivity contribution in [1.29, 1.82) is 0 Å². The SMILES string of the molecule is C=CCn1c(SCC(=O)N2CCCc3ccccc32)nc2scc(-c3ccc(C)cc3)c2c1=O. The highest BCUT2D eigenvalue weighted by molar-refractivity contribution is 7.99. The molecule has 0 saturated carbocycles. The number of hydrogen-bond acceptors (Lipinski definition) is 5. The molecule has 0 N–H and O–H groups in total. The van der Waals surface area contributed by atoms with Crippen LogP contribution in [0.2, 0.25) is 0 Å². The Hall–Kier alpha value is -3.16. The lowest BCUT2D eigenvalue weighted by atomic mass is 10.0. The summed E-state index contributed by atoms with van der Waals surface area (Å²) >= 11 is 2.78. The predicted molar refractivity (Wildman–Crippen MR) is 142 cm³/mol. The summed E-state index contributed by atoms with van der Waals surface area (Å²) in [6.07, 6.45) is 3.64. The maximum Gasteiger partial charge on any atom is 0.263 e. The summed E-state index contributed by atoms with van der Waals surface area (Å²) in [5.41, 5.74) is 5.17. The van der Waals surface area contributed by atoms with Crippen molar-refractivity contribution >= 4 is 44.9 Å². The Labute approximate surface area is 206 Å². The van der Waals surface area contributed by atoms with E-state index in [2.05, 4.69) is 12.6 Å². The van der Waals surface area contributed by atoms with Crippen molar-refractivity contribution in [3.05, 3.63) is 88.0 Å². The maximum atomic E-state index is 13.5. The lowest BCUT2D eigenvalue weighted by Crippen LogP contribution is -2.36. The number of anilines is 1. The van der Waals surface area contributed by atoms with Crippen LogP contribution in [0.25, 0.3) is 21.3 Å². The summed E-state index contributed by atoms with van der Waals surface area (Å²) < 4.78 is 1.63. The number of carbonyl (C=O) groups excluding carboxylic acids is 1. The number of allylic oxidation sites excluding steroid dienone is 1. The van der Waals surface area contributed by atoms with Crippen LogP contribution in [0.5, 0.6) is 0 Å². The fourth-order valence-electron chi connectivity index (χ4n) is 4.35. The van der Waals surface area contributed by atoms with E-state index in [4.69, 9.17) is 4.98 Å². The first-order chi connectivity index (χ1) is 16.6. The van der Waals surface area contributed by atoms with Gasteiger partial charge in [0.2, 0.25) is 5.91 Å². The molecule has 0 saturated heterocycles. The molecule has 0 atom stereocenters. The van der Waals surface area contributed by atoms with Gasteiger partial charge in [-0.05, 0) is 37.0 Å². The van der Waals surface area contributed by atoms with Crippen LogP contribution in [0.1, 0.15) is 17.5 Å². The molecular weight excluding hydrogens is 462 g/mol. The van der Waals surface area contributed by atoms with E-state index in [9.17, 15) is 9.59 Å². The molecule has 0 spiro atoms. The van der Waals surface area contributed by atoms with E-state index in [0.717, 1.165) is 29.7 Å². The monoisotopic (exact) mass is 487 g/mol. The number of aromatic nitrogens is 2. The zero-order valence-corrected chi connectivity index (χ0v) is 20.6. The number of rotatable bonds is 6. The highest BCUT2D eigenvalue weighted by Gasteiger charge is 2.23. The van der Waals surface area contributed by atoms with Crippen LogP contribution >= 0.6 is 23.1 Å². The number of para-hydroxylation sites is 1. The lowest BCUT2D eigenvalue weighted by molar-refractivity contribution is -0.116. The second kappa shape index (κ2) is 9.60. The van der Waals surface area contributed by atoms with Crippen molar-refractivity contribution in [2.75, 3.05) is 17.2 Å². The van der Waals surface area contributed by atoms with Gasteiger partial charge < -0.3 is 4.90 Å². The van der Waals surface area contributed by atoms with Gasteiger partial charge in [-0.25, -0.2) is 4.98 Å². The number of thiophene rings is 1. The van der Waals surface area contributed by atoms with Crippen LogP contribution in [0.4, 0.5) is 5.69 Å². The van der Waals surface area contributed by atoms with E-state index in [-0.39, 0.29) is 17.2 Å². The van der Waals surface area contributed by atoms with E-state index in [0.29, 0.717) is 28.5 Å². The van der Waals surface area contributed by atoms with Crippen molar-refractivity contribution in [2.45, 2.75) is 31.5 Å². The van der Waals surface area contributed by atoms with E-state index in [1.54, 1.807) is 10.6 Å². The summed E-state index contributed by atoms with van der Waals surface area (Å²) in [5.74, 6) is 0.253. The van der Waals surface area contributed by atoms with Crippen LogP contribution < -0.4 is 10.5 Å². The highest BCUT2D eigenvalue weighted by atomic mass is 32.2. The van der Waals surface area contributed by atoms with Crippen LogP contribution in [0.15, 0.2) is 76.5 Å². The molecule has 0 bridgehead atoms. The minimum atomic E-state index is -0.0972. The van der Waals surface area contributed by atoms with Gasteiger partial charge in [0.1, 0.15) is 4.83 Å². The number of amides is 1. The zero-order valence-electron chi connectivity index (χ0n) is 19.0. The molecule has 7 heteroatoms. The summed E-state index contributed by atoms with van der Waals surface area (Å²) in [5, 5.41) is 3.16. The molecule has 0 aliphatic carbocycles. The molecule has 172 valence electrons. The van der Waals surface area contributed by atoms with Crippen LogP contribution in [-0.4, -0.2) is 27.8 Å². The van der Waals surface area contributed by atoms with Crippen molar-refractivity contribution in [3.63, 3.8) is 0 Å². The molecule has 4 aromatic rings. The van der Waals surface area contributed by atoms with Crippen molar-refractivity contribution in [1.82, 2.24) is 9.55 Å². The van der Waals surface area contributed by atoms with Crippen LogP contribution in [-0.2, 0) is 17.8 Å². The van der Waals surface area contributed by atoms with Gasteiger partial charge in [-0.3, -0.25) is 14.2 Å². The predicted octanol–water partition coefficient (Wildman–Crippen LogP) is 5.69. The zero-order chi connectivity index (χ0) is 23.7. The number of fused-ring (bicyclic) bond motifs is 2. The molecule has 5 rings (SSSR count). The van der Waals surface area contributed by atoms with Gasteiger partial charge in [0, 0.05) is 29.7 Å². The number of nitrogens with zero attached hydrogens (tertiary/aromatic N) is 3. The molecule has 3 heterocycles. The third kappa shape index (κ3) is 4.21. The molecule has 1 aliphatic heterocycles. The first kappa shape index (κ1) is 22.6. The minimum absolute atomic E-state index is 0.0307. The number of hydrogen-bond donors (Lipinski definition) is 0. The summed E-state index contributed by atoms with van der Waals surface area (Å²) in [7, 11) is 0. The van der Waals surface area contributed by atoms with Gasteiger partial charge in [0.15, 0.2) is 5.16 Å². The number of thioether (sulfide) groups is 1. The molecule has 1 aliphatic rings. The van der Waals surface area contributed by atoms with Gasteiger partial charge in [-0.15, -0.1) is 17.9 Å². The molecular formula is C27H25N3O2S2. The van der Waals surface area contributed by atoms with Crippen molar-refractivity contribution < 1.29 is 4.79 Å². The van der Waals surface area contributed by atoms with Crippen LogP contribution in [0.3, 0.4) is 0 Å². The van der Waals surface area contributed by atoms with Gasteiger partial charge in [-0.2, -0.15) is 0 Å². The van der Waals surface area contributed by atoms with Gasteiger partial charge in [0.05, 0.1) is 11.1 Å². The Bertz CT molecular complexity index is 1440. The molecule has 0 radical (unpaired) electrons. The molecule has 0 unspecified atom stereocenters. The first-order valence-electron chi connectivity index (χ1n) is 11.3. The Kier molecular flexibility index (Phi) is 6.39. The van der Waals surface area contributed by atoms with Gasteiger partial charge in [0.25, 0.3) is 5.56 Å². The quantitative estimate of drug-likeness (QED) is 0.199. The molecule has 2 aromatic carbocycles.